The third-order valence-electron chi connectivity index (χ3n) is 3.05. The van der Waals surface area contributed by atoms with Gasteiger partial charge in [-0.15, -0.1) is 24.0 Å². The first-order valence-electron chi connectivity index (χ1n) is 7.73. The Hall–Kier alpha value is -0.970. The number of guanidine groups is 1. The second kappa shape index (κ2) is 14.2. The monoisotopic (exact) mass is 489 g/mol. The lowest BCUT2D eigenvalue weighted by Crippen LogP contribution is -2.37. The SMILES string of the molecule is CCNC(=NCc1cc(OC)ccc1OC(F)F)NCCCSC.I. The van der Waals surface area contributed by atoms with Crippen LogP contribution in [0.2, 0.25) is 0 Å². The van der Waals surface area contributed by atoms with Crippen molar-refractivity contribution in [1.82, 2.24) is 10.6 Å². The van der Waals surface area contributed by atoms with E-state index in [0.29, 0.717) is 23.8 Å². The van der Waals surface area contributed by atoms with Crippen LogP contribution in [0.3, 0.4) is 0 Å². The fourth-order valence-electron chi connectivity index (χ4n) is 1.95. The van der Waals surface area contributed by atoms with E-state index in [0.717, 1.165) is 18.7 Å². The molecule has 0 atom stereocenters. The molecule has 0 radical (unpaired) electrons. The van der Waals surface area contributed by atoms with Crippen molar-refractivity contribution in [1.29, 1.82) is 0 Å². The molecule has 0 fully saturated rings. The number of alkyl halides is 2. The molecule has 0 aliphatic heterocycles. The Labute approximate surface area is 169 Å². The van der Waals surface area contributed by atoms with Crippen molar-refractivity contribution in [2.45, 2.75) is 26.5 Å². The first-order chi connectivity index (χ1) is 11.6. The van der Waals surface area contributed by atoms with E-state index >= 15 is 0 Å². The van der Waals surface area contributed by atoms with Crippen LogP contribution in [-0.4, -0.2) is 44.8 Å². The molecule has 0 aliphatic rings. The van der Waals surface area contributed by atoms with E-state index < -0.39 is 6.61 Å². The molecule has 0 saturated carbocycles. The highest BCUT2D eigenvalue weighted by Crippen LogP contribution is 2.26. The zero-order chi connectivity index (χ0) is 17.8. The lowest BCUT2D eigenvalue weighted by Gasteiger charge is -2.13. The average Bonchev–Trinajstić information content (AvgIpc) is 2.57. The zero-order valence-corrected chi connectivity index (χ0v) is 17.8. The number of hydrogen-bond donors (Lipinski definition) is 2. The lowest BCUT2D eigenvalue weighted by atomic mass is 10.2. The van der Waals surface area contributed by atoms with E-state index in [9.17, 15) is 8.78 Å². The topological polar surface area (TPSA) is 54.9 Å². The molecule has 1 rings (SSSR count). The van der Waals surface area contributed by atoms with Crippen LogP contribution >= 0.6 is 35.7 Å². The average molecular weight is 489 g/mol. The molecule has 0 spiro atoms. The highest BCUT2D eigenvalue weighted by molar-refractivity contribution is 14.0. The van der Waals surface area contributed by atoms with Crippen LogP contribution < -0.4 is 20.1 Å². The van der Waals surface area contributed by atoms with E-state index in [1.807, 2.05) is 6.92 Å². The molecule has 0 unspecified atom stereocenters. The predicted octanol–water partition coefficient (Wildman–Crippen LogP) is 3.72. The van der Waals surface area contributed by atoms with Gasteiger partial charge in [0.05, 0.1) is 13.7 Å². The van der Waals surface area contributed by atoms with Crippen LogP contribution in [-0.2, 0) is 6.54 Å². The third-order valence-corrected chi connectivity index (χ3v) is 3.75. The summed E-state index contributed by atoms with van der Waals surface area (Å²) in [5.74, 6) is 2.38. The first-order valence-corrected chi connectivity index (χ1v) is 9.13. The molecule has 0 amide bonds. The summed E-state index contributed by atoms with van der Waals surface area (Å²) >= 11 is 1.79. The number of hydrogen-bond acceptors (Lipinski definition) is 4. The smallest absolute Gasteiger partial charge is 0.387 e. The van der Waals surface area contributed by atoms with Gasteiger partial charge in [0.2, 0.25) is 0 Å². The van der Waals surface area contributed by atoms with Crippen molar-refractivity contribution in [2.75, 3.05) is 32.2 Å². The van der Waals surface area contributed by atoms with Crippen LogP contribution in [0.15, 0.2) is 23.2 Å². The fourth-order valence-corrected chi connectivity index (χ4v) is 2.38. The number of rotatable bonds is 10. The number of benzene rings is 1. The van der Waals surface area contributed by atoms with Gasteiger partial charge in [-0.25, -0.2) is 4.99 Å². The quantitative estimate of drug-likeness (QED) is 0.227. The summed E-state index contributed by atoms with van der Waals surface area (Å²) < 4.78 is 34.7. The number of nitrogens with zero attached hydrogens (tertiary/aromatic N) is 1. The second-order valence-electron chi connectivity index (χ2n) is 4.82. The predicted molar refractivity (Wildman–Crippen MR) is 111 cm³/mol. The number of thioether (sulfide) groups is 1. The molecule has 144 valence electrons. The lowest BCUT2D eigenvalue weighted by molar-refractivity contribution is -0.0504. The van der Waals surface area contributed by atoms with Crippen LogP contribution in [0.5, 0.6) is 11.5 Å². The minimum absolute atomic E-state index is 0. The molecule has 9 heteroatoms. The van der Waals surface area contributed by atoms with Gasteiger partial charge in [0.15, 0.2) is 5.96 Å². The Morgan fingerprint density at radius 1 is 1.32 bits per heavy atom. The van der Waals surface area contributed by atoms with Crippen molar-refractivity contribution >= 4 is 41.7 Å². The van der Waals surface area contributed by atoms with Gasteiger partial charge in [0.25, 0.3) is 0 Å². The Balaban J connectivity index is 0.00000576. The maximum Gasteiger partial charge on any atom is 0.387 e. The minimum Gasteiger partial charge on any atom is -0.497 e. The van der Waals surface area contributed by atoms with E-state index in [-0.39, 0.29) is 36.3 Å². The van der Waals surface area contributed by atoms with E-state index in [1.54, 1.807) is 23.9 Å². The molecular formula is C16H26F2IN3O2S. The molecule has 5 nitrogen and oxygen atoms in total. The number of halogens is 3. The van der Waals surface area contributed by atoms with Crippen molar-refractivity contribution in [2.24, 2.45) is 4.99 Å². The summed E-state index contributed by atoms with van der Waals surface area (Å²) in [5.41, 5.74) is 0.538. The summed E-state index contributed by atoms with van der Waals surface area (Å²) in [5, 5.41) is 6.35. The number of aliphatic imine (C=N–C) groups is 1. The van der Waals surface area contributed by atoms with Gasteiger partial charge in [0, 0.05) is 18.7 Å². The Kier molecular flexibility index (Phi) is 13.7. The molecule has 2 N–H and O–H groups in total. The normalized spacial score (nSPS) is 11.0. The van der Waals surface area contributed by atoms with Gasteiger partial charge in [0.1, 0.15) is 11.5 Å². The standard InChI is InChI=1S/C16H25F2N3O2S.HI/c1-4-19-16(20-8-5-9-24-3)21-11-12-10-13(22-2)6-7-14(12)23-15(17)18;/h6-7,10,15H,4-5,8-9,11H2,1-3H3,(H2,19,20,21);1H. The summed E-state index contributed by atoms with van der Waals surface area (Å²) in [6, 6.07) is 4.70. The molecule has 0 bridgehead atoms. The van der Waals surface area contributed by atoms with Gasteiger partial charge in [-0.3, -0.25) is 0 Å². The Morgan fingerprint density at radius 2 is 2.08 bits per heavy atom. The van der Waals surface area contributed by atoms with Crippen molar-refractivity contribution in [3.63, 3.8) is 0 Å². The molecule has 0 aliphatic carbocycles. The Bertz CT molecular complexity index is 522. The van der Waals surface area contributed by atoms with Gasteiger partial charge in [-0.2, -0.15) is 20.5 Å². The van der Waals surface area contributed by atoms with Crippen LogP contribution in [0.1, 0.15) is 18.9 Å². The summed E-state index contributed by atoms with van der Waals surface area (Å²) in [7, 11) is 1.52. The van der Waals surface area contributed by atoms with E-state index in [1.165, 1.54) is 13.2 Å². The molecule has 0 heterocycles. The Morgan fingerprint density at radius 3 is 2.68 bits per heavy atom. The van der Waals surface area contributed by atoms with Crippen LogP contribution in [0, 0.1) is 0 Å². The van der Waals surface area contributed by atoms with Crippen LogP contribution in [0.4, 0.5) is 8.78 Å². The number of methoxy groups -OCH3 is 1. The largest absolute Gasteiger partial charge is 0.497 e. The highest BCUT2D eigenvalue weighted by Gasteiger charge is 2.11. The third kappa shape index (κ3) is 9.93. The summed E-state index contributed by atoms with van der Waals surface area (Å²) in [6.07, 6.45) is 3.08. The van der Waals surface area contributed by atoms with Gasteiger partial charge in [-0.1, -0.05) is 0 Å². The van der Waals surface area contributed by atoms with E-state index in [2.05, 4.69) is 26.6 Å². The first kappa shape index (κ1) is 24.0. The highest BCUT2D eigenvalue weighted by atomic mass is 127. The molecule has 0 aromatic heterocycles. The molecule has 0 saturated heterocycles. The van der Waals surface area contributed by atoms with Gasteiger partial charge >= 0.3 is 6.61 Å². The summed E-state index contributed by atoms with van der Waals surface area (Å²) in [4.78, 5) is 4.43. The van der Waals surface area contributed by atoms with Gasteiger partial charge < -0.3 is 20.1 Å². The zero-order valence-electron chi connectivity index (χ0n) is 14.7. The maximum absolute atomic E-state index is 12.5. The fraction of sp³-hybridized carbons (Fsp3) is 0.562. The molecular weight excluding hydrogens is 463 g/mol. The minimum atomic E-state index is -2.88. The van der Waals surface area contributed by atoms with Crippen molar-refractivity contribution < 1.29 is 18.3 Å². The second-order valence-corrected chi connectivity index (χ2v) is 5.81. The summed E-state index contributed by atoms with van der Waals surface area (Å²) in [6.45, 7) is 0.810. The number of ether oxygens (including phenoxy) is 2. The van der Waals surface area contributed by atoms with Crippen molar-refractivity contribution in [3.8, 4) is 11.5 Å². The molecule has 1 aromatic rings. The maximum atomic E-state index is 12.5. The molecule has 25 heavy (non-hydrogen) atoms. The van der Waals surface area contributed by atoms with Crippen LogP contribution in [0.25, 0.3) is 0 Å². The molecule has 1 aromatic carbocycles. The number of nitrogens with one attached hydrogen (secondary N) is 2. The van der Waals surface area contributed by atoms with Gasteiger partial charge in [-0.05, 0) is 43.6 Å². The van der Waals surface area contributed by atoms with E-state index in [4.69, 9.17) is 4.74 Å². The van der Waals surface area contributed by atoms with Crippen molar-refractivity contribution in [3.05, 3.63) is 23.8 Å².